The van der Waals surface area contributed by atoms with E-state index in [2.05, 4.69) is 12.2 Å². The summed E-state index contributed by atoms with van der Waals surface area (Å²) in [4.78, 5) is 24.2. The summed E-state index contributed by atoms with van der Waals surface area (Å²) in [7, 11) is 1.35. The highest BCUT2D eigenvalue weighted by Crippen LogP contribution is 2.33. The Morgan fingerprint density at radius 3 is 2.68 bits per heavy atom. The van der Waals surface area contributed by atoms with E-state index in [4.69, 9.17) is 9.47 Å². The number of benzene rings is 1. The second kappa shape index (κ2) is 7.29. The first kappa shape index (κ1) is 16.3. The first-order valence-electron chi connectivity index (χ1n) is 7.63. The molecule has 1 amide bonds. The van der Waals surface area contributed by atoms with Crippen LogP contribution < -0.4 is 5.32 Å². The lowest BCUT2D eigenvalue weighted by molar-refractivity contribution is -0.150. The zero-order valence-electron chi connectivity index (χ0n) is 13.1. The lowest BCUT2D eigenvalue weighted by Gasteiger charge is -2.37. The van der Waals surface area contributed by atoms with Crippen molar-refractivity contribution in [1.29, 1.82) is 0 Å². The van der Waals surface area contributed by atoms with Gasteiger partial charge in [-0.25, -0.2) is 9.59 Å². The Labute approximate surface area is 131 Å². The van der Waals surface area contributed by atoms with Gasteiger partial charge in [-0.05, 0) is 24.3 Å². The fourth-order valence-corrected chi connectivity index (χ4v) is 3.05. The molecule has 1 saturated carbocycles. The quantitative estimate of drug-likeness (QED) is 0.868. The van der Waals surface area contributed by atoms with Crippen molar-refractivity contribution in [2.75, 3.05) is 7.11 Å². The SMILES string of the molecule is COC(=O)[C@]1(NC(=O)OCc2ccccc2)CCC[C@@H](C)C1. The van der Waals surface area contributed by atoms with Crippen molar-refractivity contribution in [2.24, 2.45) is 5.92 Å². The van der Waals surface area contributed by atoms with E-state index >= 15 is 0 Å². The highest BCUT2D eigenvalue weighted by Gasteiger charge is 2.44. The average molecular weight is 305 g/mol. The number of carbonyl (C=O) groups excluding carboxylic acids is 2. The number of methoxy groups -OCH3 is 1. The molecule has 0 spiro atoms. The molecule has 0 unspecified atom stereocenters. The summed E-state index contributed by atoms with van der Waals surface area (Å²) in [6.07, 6.45) is 2.53. The molecule has 5 heteroatoms. The van der Waals surface area contributed by atoms with Crippen LogP contribution in [0.2, 0.25) is 0 Å². The van der Waals surface area contributed by atoms with Gasteiger partial charge in [-0.15, -0.1) is 0 Å². The Bertz CT molecular complexity index is 517. The number of nitrogens with one attached hydrogen (secondary N) is 1. The normalized spacial score (nSPS) is 24.4. The molecule has 1 N–H and O–H groups in total. The van der Waals surface area contributed by atoms with E-state index in [0.29, 0.717) is 18.8 Å². The van der Waals surface area contributed by atoms with Gasteiger partial charge in [-0.2, -0.15) is 0 Å². The van der Waals surface area contributed by atoms with Crippen LogP contribution in [0.3, 0.4) is 0 Å². The van der Waals surface area contributed by atoms with Gasteiger partial charge in [0.15, 0.2) is 0 Å². The number of ether oxygens (including phenoxy) is 2. The molecule has 0 bridgehead atoms. The van der Waals surface area contributed by atoms with Gasteiger partial charge < -0.3 is 14.8 Å². The fraction of sp³-hybridized carbons (Fsp3) is 0.529. The topological polar surface area (TPSA) is 64.6 Å². The van der Waals surface area contributed by atoms with E-state index in [1.165, 1.54) is 7.11 Å². The summed E-state index contributed by atoms with van der Waals surface area (Å²) in [6, 6.07) is 9.43. The summed E-state index contributed by atoms with van der Waals surface area (Å²) >= 11 is 0. The predicted molar refractivity (Wildman–Crippen MR) is 82.1 cm³/mol. The smallest absolute Gasteiger partial charge is 0.408 e. The van der Waals surface area contributed by atoms with Gasteiger partial charge in [0, 0.05) is 0 Å². The van der Waals surface area contributed by atoms with Crippen LogP contribution in [0.4, 0.5) is 4.79 Å². The van der Waals surface area contributed by atoms with Crippen LogP contribution in [0, 0.1) is 5.92 Å². The van der Waals surface area contributed by atoms with E-state index in [1.54, 1.807) is 0 Å². The Hall–Kier alpha value is -2.04. The number of alkyl carbamates (subject to hydrolysis) is 1. The van der Waals surface area contributed by atoms with Crippen LogP contribution in [0.1, 0.15) is 38.2 Å². The Balaban J connectivity index is 1.98. The number of hydrogen-bond acceptors (Lipinski definition) is 4. The zero-order valence-corrected chi connectivity index (χ0v) is 13.1. The molecule has 0 heterocycles. The molecular weight excluding hydrogens is 282 g/mol. The Kier molecular flexibility index (Phi) is 5.41. The first-order chi connectivity index (χ1) is 10.6. The van der Waals surface area contributed by atoms with E-state index in [-0.39, 0.29) is 6.61 Å². The minimum atomic E-state index is -0.958. The van der Waals surface area contributed by atoms with Crippen LogP contribution in [0.5, 0.6) is 0 Å². The molecule has 1 aromatic carbocycles. The van der Waals surface area contributed by atoms with Gasteiger partial charge in [0.2, 0.25) is 0 Å². The lowest BCUT2D eigenvalue weighted by atomic mass is 9.76. The van der Waals surface area contributed by atoms with Gasteiger partial charge in [-0.3, -0.25) is 0 Å². The van der Waals surface area contributed by atoms with Gasteiger partial charge in [0.1, 0.15) is 12.1 Å². The molecule has 0 radical (unpaired) electrons. The minimum absolute atomic E-state index is 0.180. The minimum Gasteiger partial charge on any atom is -0.467 e. The van der Waals surface area contributed by atoms with Crippen molar-refractivity contribution in [2.45, 2.75) is 44.8 Å². The van der Waals surface area contributed by atoms with Gasteiger partial charge in [-0.1, -0.05) is 50.1 Å². The molecule has 1 aliphatic rings. The first-order valence-corrected chi connectivity index (χ1v) is 7.63. The third kappa shape index (κ3) is 4.00. The van der Waals surface area contributed by atoms with E-state index in [9.17, 15) is 9.59 Å². The summed E-state index contributed by atoms with van der Waals surface area (Å²) in [6.45, 7) is 2.26. The maximum atomic E-state index is 12.2. The number of carbonyl (C=O) groups is 2. The van der Waals surface area contributed by atoms with Crippen LogP contribution in [0.15, 0.2) is 30.3 Å². The van der Waals surface area contributed by atoms with Crippen molar-refractivity contribution >= 4 is 12.1 Å². The monoisotopic (exact) mass is 305 g/mol. The second-order valence-corrected chi connectivity index (χ2v) is 5.96. The van der Waals surface area contributed by atoms with Crippen molar-refractivity contribution in [3.63, 3.8) is 0 Å². The maximum Gasteiger partial charge on any atom is 0.408 e. The molecule has 120 valence electrons. The fourth-order valence-electron chi connectivity index (χ4n) is 3.05. The van der Waals surface area contributed by atoms with E-state index in [1.807, 2.05) is 30.3 Å². The van der Waals surface area contributed by atoms with Crippen LogP contribution in [-0.2, 0) is 20.9 Å². The molecule has 0 aliphatic heterocycles. The van der Waals surface area contributed by atoms with Crippen molar-refractivity contribution < 1.29 is 19.1 Å². The van der Waals surface area contributed by atoms with Crippen LogP contribution >= 0.6 is 0 Å². The standard InChI is InChI=1S/C17H23NO4/c1-13-7-6-10-17(11-13,15(19)21-2)18-16(20)22-12-14-8-4-3-5-9-14/h3-5,8-9,13H,6-7,10-12H2,1-2H3,(H,18,20)/t13-,17+/m1/s1. The van der Waals surface area contributed by atoms with E-state index in [0.717, 1.165) is 18.4 Å². The second-order valence-electron chi connectivity index (χ2n) is 5.96. The molecule has 1 aliphatic carbocycles. The Morgan fingerprint density at radius 1 is 1.32 bits per heavy atom. The number of esters is 1. The summed E-state index contributed by atoms with van der Waals surface area (Å²) < 4.78 is 10.1. The maximum absolute atomic E-state index is 12.2. The van der Waals surface area contributed by atoms with Gasteiger partial charge >= 0.3 is 12.1 Å². The van der Waals surface area contributed by atoms with Crippen molar-refractivity contribution in [3.8, 4) is 0 Å². The third-order valence-corrected chi connectivity index (χ3v) is 4.13. The van der Waals surface area contributed by atoms with Crippen molar-refractivity contribution in [1.82, 2.24) is 5.32 Å². The molecular formula is C17H23NO4. The highest BCUT2D eigenvalue weighted by atomic mass is 16.6. The number of rotatable bonds is 4. The zero-order chi connectivity index (χ0) is 16.0. The third-order valence-electron chi connectivity index (χ3n) is 4.13. The summed E-state index contributed by atoms with van der Waals surface area (Å²) in [5, 5.41) is 2.75. The number of hydrogen-bond donors (Lipinski definition) is 1. The molecule has 5 nitrogen and oxygen atoms in total. The molecule has 2 atom stereocenters. The highest BCUT2D eigenvalue weighted by molar-refractivity contribution is 5.85. The molecule has 1 fully saturated rings. The van der Waals surface area contributed by atoms with Crippen molar-refractivity contribution in [3.05, 3.63) is 35.9 Å². The lowest BCUT2D eigenvalue weighted by Crippen LogP contribution is -2.57. The predicted octanol–water partition coefficient (Wildman–Crippen LogP) is 3.03. The molecule has 1 aromatic rings. The summed E-state index contributed by atoms with van der Waals surface area (Å²) in [5.74, 6) is -0.0296. The largest absolute Gasteiger partial charge is 0.467 e. The van der Waals surface area contributed by atoms with Crippen LogP contribution in [-0.4, -0.2) is 24.7 Å². The van der Waals surface area contributed by atoms with Gasteiger partial charge in [0.25, 0.3) is 0 Å². The summed E-state index contributed by atoms with van der Waals surface area (Å²) in [5.41, 5.74) is -0.0537. The molecule has 0 aromatic heterocycles. The molecule has 22 heavy (non-hydrogen) atoms. The molecule has 0 saturated heterocycles. The van der Waals surface area contributed by atoms with E-state index < -0.39 is 17.6 Å². The Morgan fingerprint density at radius 2 is 2.05 bits per heavy atom. The molecule has 2 rings (SSSR count). The average Bonchev–Trinajstić information content (AvgIpc) is 2.53. The van der Waals surface area contributed by atoms with Gasteiger partial charge in [0.05, 0.1) is 7.11 Å². The number of amides is 1. The van der Waals surface area contributed by atoms with Crippen LogP contribution in [0.25, 0.3) is 0 Å².